The van der Waals surface area contributed by atoms with Crippen LogP contribution in [0.2, 0.25) is 0 Å². The first-order valence-electron chi connectivity index (χ1n) is 4.57. The fourth-order valence-corrected chi connectivity index (χ4v) is 1.04. The van der Waals surface area contributed by atoms with Crippen LogP contribution in [0.3, 0.4) is 0 Å². The van der Waals surface area contributed by atoms with Gasteiger partial charge in [-0.25, -0.2) is 0 Å². The number of aromatic nitrogens is 1. The van der Waals surface area contributed by atoms with Crippen molar-refractivity contribution in [3.63, 3.8) is 0 Å². The molecule has 0 aromatic carbocycles. The lowest BCUT2D eigenvalue weighted by Gasteiger charge is -2.32. The Bertz CT molecular complexity index is 442. The van der Waals surface area contributed by atoms with E-state index < -0.39 is 29.5 Å². The average Bonchev–Trinajstić information content (AvgIpc) is 2.27. The van der Waals surface area contributed by atoms with Crippen LogP contribution in [0.1, 0.15) is 10.4 Å². The molecule has 106 valence electrons. The van der Waals surface area contributed by atoms with Gasteiger partial charge in [-0.15, -0.1) is 0 Å². The summed E-state index contributed by atoms with van der Waals surface area (Å²) in [6, 6.07) is 1.78. The molecule has 1 aromatic rings. The number of amides is 1. The number of nitrogens with zero attached hydrogens (tertiary/aromatic N) is 1. The van der Waals surface area contributed by atoms with E-state index in [-0.39, 0.29) is 0 Å². The van der Waals surface area contributed by atoms with E-state index >= 15 is 0 Å². The van der Waals surface area contributed by atoms with Gasteiger partial charge < -0.3 is 10.4 Å². The lowest BCUT2D eigenvalue weighted by atomic mass is 10.1. The molecule has 0 radical (unpaired) electrons. The largest absolute Gasteiger partial charge is 0.446 e. The maximum Gasteiger partial charge on any atom is 0.446 e. The Morgan fingerprint density at radius 2 is 1.47 bits per heavy atom. The fraction of sp³-hybridized carbons (Fsp3) is 0.333. The molecule has 19 heavy (non-hydrogen) atoms. The standard InChI is InChI=1S/C9H6F6N2O2/c10-8(11,12)7(19,9(13,14)15)17-6(18)5-1-3-16-4-2-5/h1-4,19H,(H,17,18). The highest BCUT2D eigenvalue weighted by atomic mass is 19.4. The molecule has 0 aliphatic heterocycles. The molecule has 1 amide bonds. The van der Waals surface area contributed by atoms with E-state index in [1.807, 2.05) is 0 Å². The van der Waals surface area contributed by atoms with Crippen molar-refractivity contribution in [1.29, 1.82) is 0 Å². The van der Waals surface area contributed by atoms with Crippen LogP contribution >= 0.6 is 0 Å². The van der Waals surface area contributed by atoms with Gasteiger partial charge in [0, 0.05) is 18.0 Å². The Morgan fingerprint density at radius 1 is 1.05 bits per heavy atom. The summed E-state index contributed by atoms with van der Waals surface area (Å²) in [5.41, 5.74) is -5.83. The number of nitrogens with one attached hydrogen (secondary N) is 1. The summed E-state index contributed by atoms with van der Waals surface area (Å²) in [6.45, 7) is 0. The highest BCUT2D eigenvalue weighted by Gasteiger charge is 2.71. The number of hydrogen-bond acceptors (Lipinski definition) is 3. The van der Waals surface area contributed by atoms with Gasteiger partial charge >= 0.3 is 18.1 Å². The highest BCUT2D eigenvalue weighted by molar-refractivity contribution is 5.94. The fourth-order valence-electron chi connectivity index (χ4n) is 1.04. The zero-order valence-electron chi connectivity index (χ0n) is 8.88. The molecule has 10 heteroatoms. The van der Waals surface area contributed by atoms with Crippen LogP contribution in [0, 0.1) is 0 Å². The van der Waals surface area contributed by atoms with E-state index in [1.54, 1.807) is 0 Å². The van der Waals surface area contributed by atoms with E-state index in [9.17, 15) is 31.1 Å². The van der Waals surface area contributed by atoms with E-state index in [4.69, 9.17) is 5.11 Å². The number of carbonyl (C=O) groups excluding carboxylic acids is 1. The maximum absolute atomic E-state index is 12.3. The second kappa shape index (κ2) is 4.68. The van der Waals surface area contributed by atoms with Gasteiger partial charge in [-0.2, -0.15) is 26.3 Å². The van der Waals surface area contributed by atoms with Gasteiger partial charge in [-0.05, 0) is 12.1 Å². The van der Waals surface area contributed by atoms with Crippen LogP contribution in [0.25, 0.3) is 0 Å². The highest BCUT2D eigenvalue weighted by Crippen LogP contribution is 2.41. The van der Waals surface area contributed by atoms with E-state index in [0.717, 1.165) is 24.5 Å². The third-order valence-corrected chi connectivity index (χ3v) is 2.06. The van der Waals surface area contributed by atoms with Crippen LogP contribution in [0.5, 0.6) is 0 Å². The number of hydrogen-bond donors (Lipinski definition) is 2. The maximum atomic E-state index is 12.3. The third-order valence-electron chi connectivity index (χ3n) is 2.06. The van der Waals surface area contributed by atoms with Gasteiger partial charge in [0.25, 0.3) is 5.91 Å². The molecular weight excluding hydrogens is 282 g/mol. The molecule has 0 saturated carbocycles. The van der Waals surface area contributed by atoms with Gasteiger partial charge in [0.15, 0.2) is 0 Å². The summed E-state index contributed by atoms with van der Waals surface area (Å²) in [6.07, 6.45) is -10.2. The summed E-state index contributed by atoms with van der Waals surface area (Å²) < 4.78 is 73.7. The molecule has 4 nitrogen and oxygen atoms in total. The Morgan fingerprint density at radius 3 is 1.84 bits per heavy atom. The number of rotatable bonds is 2. The van der Waals surface area contributed by atoms with Crippen molar-refractivity contribution in [2.75, 3.05) is 0 Å². The predicted octanol–water partition coefficient (Wildman–Crippen LogP) is 1.62. The zero-order valence-corrected chi connectivity index (χ0v) is 8.88. The van der Waals surface area contributed by atoms with Crippen molar-refractivity contribution >= 4 is 5.91 Å². The molecule has 2 N–H and O–H groups in total. The molecule has 1 heterocycles. The molecule has 0 saturated heterocycles. The average molecular weight is 288 g/mol. The van der Waals surface area contributed by atoms with Crippen LogP contribution in [-0.2, 0) is 0 Å². The van der Waals surface area contributed by atoms with Gasteiger partial charge in [-0.1, -0.05) is 0 Å². The Hall–Kier alpha value is -1.84. The van der Waals surface area contributed by atoms with Crippen molar-refractivity contribution in [3.8, 4) is 0 Å². The molecular formula is C9H6F6N2O2. The first-order chi connectivity index (χ1) is 8.49. The lowest BCUT2D eigenvalue weighted by molar-refractivity contribution is -0.375. The van der Waals surface area contributed by atoms with E-state index in [1.165, 1.54) is 0 Å². The van der Waals surface area contributed by atoms with Crippen molar-refractivity contribution in [2.45, 2.75) is 18.1 Å². The number of halogens is 6. The van der Waals surface area contributed by atoms with Gasteiger partial charge in [0.1, 0.15) is 0 Å². The Labute approximate surface area is 102 Å². The molecule has 0 spiro atoms. The minimum Gasteiger partial charge on any atom is -0.357 e. The second-order valence-electron chi connectivity index (χ2n) is 3.40. The van der Waals surface area contributed by atoms with Gasteiger partial charge in [-0.3, -0.25) is 9.78 Å². The second-order valence-corrected chi connectivity index (χ2v) is 3.40. The molecule has 0 bridgehead atoms. The van der Waals surface area contributed by atoms with Crippen molar-refractivity contribution in [2.24, 2.45) is 0 Å². The number of aliphatic hydroxyl groups is 1. The molecule has 0 atom stereocenters. The number of carbonyl (C=O) groups is 1. The Balaban J connectivity index is 3.08. The van der Waals surface area contributed by atoms with Gasteiger partial charge in [0.2, 0.25) is 0 Å². The first kappa shape index (κ1) is 15.2. The van der Waals surface area contributed by atoms with Crippen molar-refractivity contribution in [3.05, 3.63) is 30.1 Å². The van der Waals surface area contributed by atoms with Crippen LogP contribution < -0.4 is 5.32 Å². The topological polar surface area (TPSA) is 62.2 Å². The lowest BCUT2D eigenvalue weighted by Crippen LogP contribution is -2.67. The SMILES string of the molecule is O=C(NC(O)(C(F)(F)F)C(F)(F)F)c1ccncc1. The predicted molar refractivity (Wildman–Crippen MR) is 48.8 cm³/mol. The zero-order chi connectivity index (χ0) is 14.9. The van der Waals surface area contributed by atoms with Crippen molar-refractivity contribution in [1.82, 2.24) is 10.3 Å². The van der Waals surface area contributed by atoms with E-state index in [2.05, 4.69) is 4.98 Å². The van der Waals surface area contributed by atoms with Crippen LogP contribution in [0.4, 0.5) is 26.3 Å². The molecule has 0 unspecified atom stereocenters. The minimum atomic E-state index is -6.12. The summed E-state index contributed by atoms with van der Waals surface area (Å²) in [4.78, 5) is 14.7. The molecule has 1 rings (SSSR count). The first-order valence-corrected chi connectivity index (χ1v) is 4.57. The Kier molecular flexibility index (Phi) is 3.75. The van der Waals surface area contributed by atoms with Crippen molar-refractivity contribution < 1.29 is 36.2 Å². The molecule has 0 aliphatic carbocycles. The minimum absolute atomic E-state index is 0.512. The van der Waals surface area contributed by atoms with Crippen LogP contribution in [0.15, 0.2) is 24.5 Å². The van der Waals surface area contributed by atoms with Gasteiger partial charge in [0.05, 0.1) is 0 Å². The number of pyridine rings is 1. The molecule has 0 aliphatic rings. The summed E-state index contributed by atoms with van der Waals surface area (Å²) in [5.74, 6) is -1.74. The third kappa shape index (κ3) is 2.95. The van der Waals surface area contributed by atoms with Crippen LogP contribution in [-0.4, -0.2) is 34.1 Å². The quantitative estimate of drug-likeness (QED) is 0.642. The molecule has 1 aromatic heterocycles. The summed E-state index contributed by atoms with van der Waals surface area (Å²) in [7, 11) is 0. The number of alkyl halides is 6. The molecule has 0 fully saturated rings. The monoisotopic (exact) mass is 288 g/mol. The van der Waals surface area contributed by atoms with E-state index in [0.29, 0.717) is 5.32 Å². The smallest absolute Gasteiger partial charge is 0.357 e. The summed E-state index contributed by atoms with van der Waals surface area (Å²) >= 11 is 0. The summed E-state index contributed by atoms with van der Waals surface area (Å²) in [5, 5.41) is 9.25. The normalized spacial score (nSPS) is 13.2.